The molecule has 1 N–H and O–H groups in total. The van der Waals surface area contributed by atoms with E-state index in [9.17, 15) is 0 Å². The van der Waals surface area contributed by atoms with E-state index in [0.717, 1.165) is 18.9 Å². The Labute approximate surface area is 88.4 Å². The predicted octanol–water partition coefficient (Wildman–Crippen LogP) is 2.44. The second-order valence-electron chi connectivity index (χ2n) is 4.84. The van der Waals surface area contributed by atoms with Gasteiger partial charge in [0.15, 0.2) is 0 Å². The minimum Gasteiger partial charge on any atom is -0.385 e. The van der Waals surface area contributed by atoms with Crippen molar-refractivity contribution in [2.75, 3.05) is 20.3 Å². The lowest BCUT2D eigenvalue weighted by molar-refractivity contribution is 0.169. The van der Waals surface area contributed by atoms with Gasteiger partial charge in [0.1, 0.15) is 0 Å². The van der Waals surface area contributed by atoms with Crippen LogP contribution >= 0.6 is 0 Å². The van der Waals surface area contributed by atoms with Gasteiger partial charge in [0, 0.05) is 19.8 Å². The van der Waals surface area contributed by atoms with Gasteiger partial charge in [0.25, 0.3) is 0 Å². The third-order valence-electron chi connectivity index (χ3n) is 3.33. The van der Waals surface area contributed by atoms with Crippen LogP contribution in [0.25, 0.3) is 0 Å². The highest BCUT2D eigenvalue weighted by Gasteiger charge is 2.19. The van der Waals surface area contributed by atoms with Gasteiger partial charge in [-0.05, 0) is 37.6 Å². The Kier molecular flexibility index (Phi) is 5.49. The van der Waals surface area contributed by atoms with E-state index in [1.807, 2.05) is 0 Å². The molecular weight excluding hydrogens is 174 g/mol. The van der Waals surface area contributed by atoms with Gasteiger partial charge in [-0.1, -0.05) is 20.3 Å². The number of rotatable bonds is 7. The van der Waals surface area contributed by atoms with E-state index < -0.39 is 0 Å². The van der Waals surface area contributed by atoms with Crippen molar-refractivity contribution in [1.29, 1.82) is 0 Å². The lowest BCUT2D eigenvalue weighted by Gasteiger charge is -2.30. The van der Waals surface area contributed by atoms with E-state index in [2.05, 4.69) is 19.2 Å². The molecule has 2 nitrogen and oxygen atoms in total. The summed E-state index contributed by atoms with van der Waals surface area (Å²) in [6.45, 7) is 6.66. The molecule has 0 radical (unpaired) electrons. The molecule has 14 heavy (non-hydrogen) atoms. The fourth-order valence-electron chi connectivity index (χ4n) is 1.93. The zero-order valence-electron chi connectivity index (χ0n) is 9.88. The van der Waals surface area contributed by atoms with Gasteiger partial charge in [0.05, 0.1) is 0 Å². The van der Waals surface area contributed by atoms with Crippen LogP contribution in [0.4, 0.5) is 0 Å². The van der Waals surface area contributed by atoms with Crippen LogP contribution < -0.4 is 5.32 Å². The highest BCUT2D eigenvalue weighted by atomic mass is 16.5. The van der Waals surface area contributed by atoms with Crippen molar-refractivity contribution in [2.24, 2.45) is 11.8 Å². The molecule has 0 spiro atoms. The van der Waals surface area contributed by atoms with E-state index in [0.29, 0.717) is 12.0 Å². The second-order valence-corrected chi connectivity index (χ2v) is 4.84. The van der Waals surface area contributed by atoms with Gasteiger partial charge in [-0.2, -0.15) is 0 Å². The third-order valence-corrected chi connectivity index (χ3v) is 3.33. The number of ether oxygens (including phenoxy) is 1. The average molecular weight is 199 g/mol. The Balaban J connectivity index is 2.13. The highest BCUT2D eigenvalue weighted by molar-refractivity contribution is 4.76. The molecule has 0 aromatic carbocycles. The lowest BCUT2D eigenvalue weighted by Crippen LogP contribution is -2.39. The summed E-state index contributed by atoms with van der Waals surface area (Å²) in [6, 6.07) is 0.635. The molecule has 0 aliphatic heterocycles. The Morgan fingerprint density at radius 2 is 2.07 bits per heavy atom. The van der Waals surface area contributed by atoms with Gasteiger partial charge in [0.2, 0.25) is 0 Å². The van der Waals surface area contributed by atoms with Crippen LogP contribution in [0.2, 0.25) is 0 Å². The molecule has 0 aromatic heterocycles. The van der Waals surface area contributed by atoms with E-state index in [1.165, 1.54) is 25.8 Å². The van der Waals surface area contributed by atoms with Gasteiger partial charge < -0.3 is 10.1 Å². The summed E-state index contributed by atoms with van der Waals surface area (Å²) in [4.78, 5) is 0. The van der Waals surface area contributed by atoms with Gasteiger partial charge >= 0.3 is 0 Å². The van der Waals surface area contributed by atoms with Gasteiger partial charge in [-0.3, -0.25) is 0 Å². The molecule has 1 rings (SSSR count). The molecule has 0 bridgehead atoms. The van der Waals surface area contributed by atoms with Crippen LogP contribution in [0.5, 0.6) is 0 Å². The highest BCUT2D eigenvalue weighted by Crippen LogP contribution is 2.25. The lowest BCUT2D eigenvalue weighted by atomic mass is 9.85. The van der Waals surface area contributed by atoms with Crippen molar-refractivity contribution in [3.63, 3.8) is 0 Å². The zero-order valence-corrected chi connectivity index (χ0v) is 9.88. The first-order chi connectivity index (χ1) is 6.74. The van der Waals surface area contributed by atoms with E-state index >= 15 is 0 Å². The van der Waals surface area contributed by atoms with E-state index in [-0.39, 0.29) is 0 Å². The van der Waals surface area contributed by atoms with Crippen molar-refractivity contribution in [3.05, 3.63) is 0 Å². The Morgan fingerprint density at radius 3 is 2.50 bits per heavy atom. The average Bonchev–Trinajstić information content (AvgIpc) is 2.07. The first-order valence-electron chi connectivity index (χ1n) is 5.96. The van der Waals surface area contributed by atoms with Crippen molar-refractivity contribution < 1.29 is 4.74 Å². The van der Waals surface area contributed by atoms with E-state index in [4.69, 9.17) is 4.74 Å². The molecule has 1 aliphatic carbocycles. The molecule has 0 aromatic rings. The van der Waals surface area contributed by atoms with Crippen LogP contribution in [-0.4, -0.2) is 26.3 Å². The van der Waals surface area contributed by atoms with Crippen molar-refractivity contribution >= 4 is 0 Å². The first kappa shape index (κ1) is 12.0. The molecule has 0 amide bonds. The van der Waals surface area contributed by atoms with Crippen LogP contribution in [-0.2, 0) is 4.74 Å². The maximum absolute atomic E-state index is 5.13. The summed E-state index contributed by atoms with van der Waals surface area (Å²) in [5, 5.41) is 3.68. The summed E-state index contributed by atoms with van der Waals surface area (Å²) < 4.78 is 5.13. The van der Waals surface area contributed by atoms with Gasteiger partial charge in [-0.25, -0.2) is 0 Å². The minimum atomic E-state index is 0.635. The first-order valence-corrected chi connectivity index (χ1v) is 5.96. The SMILES string of the molecule is COCCC(NCC1CCC1)C(C)C. The molecule has 84 valence electrons. The van der Waals surface area contributed by atoms with Crippen LogP contribution in [0.3, 0.4) is 0 Å². The standard InChI is InChI=1S/C12H25NO/c1-10(2)12(7-8-14-3)13-9-11-5-4-6-11/h10-13H,4-9H2,1-3H3. The number of methoxy groups -OCH3 is 1. The topological polar surface area (TPSA) is 21.3 Å². The zero-order chi connectivity index (χ0) is 10.4. The summed E-state index contributed by atoms with van der Waals surface area (Å²) >= 11 is 0. The van der Waals surface area contributed by atoms with Crippen molar-refractivity contribution in [1.82, 2.24) is 5.32 Å². The summed E-state index contributed by atoms with van der Waals surface area (Å²) in [5.74, 6) is 1.67. The van der Waals surface area contributed by atoms with E-state index in [1.54, 1.807) is 7.11 Å². The Bertz CT molecular complexity index is 143. The van der Waals surface area contributed by atoms with Crippen molar-refractivity contribution in [3.8, 4) is 0 Å². The van der Waals surface area contributed by atoms with Gasteiger partial charge in [-0.15, -0.1) is 0 Å². The fourth-order valence-corrected chi connectivity index (χ4v) is 1.93. The molecule has 1 atom stereocenters. The largest absolute Gasteiger partial charge is 0.385 e. The fraction of sp³-hybridized carbons (Fsp3) is 1.00. The van der Waals surface area contributed by atoms with Crippen molar-refractivity contribution in [2.45, 2.75) is 45.6 Å². The van der Waals surface area contributed by atoms with Crippen LogP contribution in [0.1, 0.15) is 39.5 Å². The normalized spacial score (nSPS) is 19.7. The molecule has 1 saturated carbocycles. The maximum Gasteiger partial charge on any atom is 0.0477 e. The number of nitrogens with one attached hydrogen (secondary N) is 1. The minimum absolute atomic E-state index is 0.635. The predicted molar refractivity (Wildman–Crippen MR) is 60.5 cm³/mol. The van der Waals surface area contributed by atoms with Crippen LogP contribution in [0, 0.1) is 11.8 Å². The molecule has 0 heterocycles. The summed E-state index contributed by atoms with van der Waals surface area (Å²) in [7, 11) is 1.78. The quantitative estimate of drug-likeness (QED) is 0.680. The Morgan fingerprint density at radius 1 is 1.36 bits per heavy atom. The maximum atomic E-state index is 5.13. The number of hydrogen-bond acceptors (Lipinski definition) is 2. The molecule has 1 unspecified atom stereocenters. The molecule has 1 fully saturated rings. The summed E-state index contributed by atoms with van der Waals surface area (Å²) in [5.41, 5.74) is 0. The molecular formula is C12H25NO. The number of hydrogen-bond donors (Lipinski definition) is 1. The molecule has 1 aliphatic rings. The summed E-state index contributed by atoms with van der Waals surface area (Å²) in [6.07, 6.45) is 5.45. The smallest absolute Gasteiger partial charge is 0.0477 e. The van der Waals surface area contributed by atoms with Crippen LogP contribution in [0.15, 0.2) is 0 Å². The monoisotopic (exact) mass is 199 g/mol. The third kappa shape index (κ3) is 3.97. The molecule has 2 heteroatoms. The molecule has 0 saturated heterocycles. The Hall–Kier alpha value is -0.0800. The second kappa shape index (κ2) is 6.41.